The molecule has 0 radical (unpaired) electrons. The summed E-state index contributed by atoms with van der Waals surface area (Å²) < 4.78 is 10.5. The van der Waals surface area contributed by atoms with Crippen LogP contribution in [0.5, 0.6) is 5.75 Å². The molecule has 0 aliphatic carbocycles. The van der Waals surface area contributed by atoms with Gasteiger partial charge in [0.2, 0.25) is 5.78 Å². The number of hydrogen-bond acceptors (Lipinski definition) is 7. The number of hydrogen-bond donors (Lipinski definition) is 1. The normalized spacial score (nSPS) is 11.0. The predicted molar refractivity (Wildman–Crippen MR) is 155 cm³/mol. The van der Waals surface area contributed by atoms with Gasteiger partial charge in [-0.2, -0.15) is 0 Å². The number of para-hydroxylation sites is 1. The van der Waals surface area contributed by atoms with Gasteiger partial charge in [-0.1, -0.05) is 42.5 Å². The lowest BCUT2D eigenvalue weighted by atomic mass is 10.0. The summed E-state index contributed by atoms with van der Waals surface area (Å²) in [6, 6.07) is 20.3. The third-order valence-electron chi connectivity index (χ3n) is 6.28. The number of methoxy groups -OCH3 is 1. The number of ketones is 2. The summed E-state index contributed by atoms with van der Waals surface area (Å²) in [4.78, 5) is 50.9. The molecular formula is C32H34N2O6. The molecular weight excluding hydrogens is 508 g/mol. The van der Waals surface area contributed by atoms with E-state index in [0.29, 0.717) is 35.7 Å². The molecule has 0 saturated heterocycles. The van der Waals surface area contributed by atoms with Crippen molar-refractivity contribution in [2.75, 3.05) is 31.0 Å². The number of carbonyl (C=O) groups is 4. The van der Waals surface area contributed by atoms with E-state index in [-0.39, 0.29) is 17.8 Å². The largest absolute Gasteiger partial charge is 0.494 e. The van der Waals surface area contributed by atoms with E-state index in [1.165, 1.54) is 20.1 Å². The van der Waals surface area contributed by atoms with E-state index in [0.717, 1.165) is 16.8 Å². The average molecular weight is 543 g/mol. The van der Waals surface area contributed by atoms with Crippen LogP contribution in [0.2, 0.25) is 0 Å². The van der Waals surface area contributed by atoms with Crippen molar-refractivity contribution in [3.63, 3.8) is 0 Å². The number of ether oxygens (including phenoxy) is 2. The number of nitrogens with one attached hydrogen (secondary N) is 1. The van der Waals surface area contributed by atoms with Crippen molar-refractivity contribution in [3.05, 3.63) is 94.6 Å². The van der Waals surface area contributed by atoms with E-state index in [9.17, 15) is 19.2 Å². The Morgan fingerprint density at radius 2 is 1.68 bits per heavy atom. The SMILES string of the molecule is CCOc1cc(CN(C)c2ccc(/C=C(\C(C)=O)C(=O)OC)cc2)ccc1CC(=O)C(=O)Nc1ccccc1C. The first kappa shape index (κ1) is 29.8. The Kier molecular flexibility index (Phi) is 10.4. The monoisotopic (exact) mass is 542 g/mol. The maximum absolute atomic E-state index is 12.7. The maximum atomic E-state index is 12.7. The van der Waals surface area contributed by atoms with Crippen LogP contribution in [0.4, 0.5) is 11.4 Å². The van der Waals surface area contributed by atoms with Crippen LogP contribution in [-0.4, -0.2) is 44.2 Å². The Bertz CT molecular complexity index is 1430. The summed E-state index contributed by atoms with van der Waals surface area (Å²) in [6.07, 6.45) is 1.43. The number of Topliss-reactive ketones (excluding diaryl/α,β-unsaturated/α-hetero) is 2. The van der Waals surface area contributed by atoms with E-state index < -0.39 is 17.7 Å². The minimum absolute atomic E-state index is 0.0155. The lowest BCUT2D eigenvalue weighted by Gasteiger charge is -2.21. The van der Waals surface area contributed by atoms with Gasteiger partial charge in [0.15, 0.2) is 5.78 Å². The highest BCUT2D eigenvalue weighted by Crippen LogP contribution is 2.25. The number of amides is 1. The second-order valence-electron chi connectivity index (χ2n) is 9.30. The van der Waals surface area contributed by atoms with Gasteiger partial charge in [-0.25, -0.2) is 4.79 Å². The van der Waals surface area contributed by atoms with Gasteiger partial charge in [-0.15, -0.1) is 0 Å². The molecule has 8 nitrogen and oxygen atoms in total. The second kappa shape index (κ2) is 13.9. The van der Waals surface area contributed by atoms with Crippen molar-refractivity contribution < 1.29 is 28.7 Å². The fourth-order valence-electron chi connectivity index (χ4n) is 4.06. The summed E-state index contributed by atoms with van der Waals surface area (Å²) in [5, 5.41) is 2.69. The number of anilines is 2. The van der Waals surface area contributed by atoms with E-state index in [4.69, 9.17) is 4.74 Å². The number of nitrogens with zero attached hydrogens (tertiary/aromatic N) is 1. The minimum atomic E-state index is -0.670. The lowest BCUT2D eigenvalue weighted by molar-refractivity contribution is -0.137. The standard InChI is InChI=1S/C32H34N2O6/c1-6-40-30-18-24(11-14-25(30)19-29(36)31(37)33-28-10-8-7-9-21(28)2)20-34(4)26-15-12-23(13-16-26)17-27(22(3)35)32(38)39-5/h7-18H,6,19-20H2,1-5H3,(H,33,37)/b27-17+. The molecule has 0 atom stereocenters. The topological polar surface area (TPSA) is 102 Å². The highest BCUT2D eigenvalue weighted by Gasteiger charge is 2.19. The molecule has 208 valence electrons. The summed E-state index contributed by atoms with van der Waals surface area (Å²) in [5.41, 5.74) is 4.69. The molecule has 3 aromatic rings. The van der Waals surface area contributed by atoms with E-state index in [2.05, 4.69) is 10.1 Å². The van der Waals surface area contributed by atoms with Gasteiger partial charge in [0, 0.05) is 37.0 Å². The van der Waals surface area contributed by atoms with Gasteiger partial charge in [-0.05, 0) is 67.8 Å². The van der Waals surface area contributed by atoms with E-state index >= 15 is 0 Å². The van der Waals surface area contributed by atoms with Crippen molar-refractivity contribution >= 4 is 40.9 Å². The summed E-state index contributed by atoms with van der Waals surface area (Å²) >= 11 is 0. The molecule has 0 aliphatic heterocycles. The molecule has 0 aliphatic rings. The molecule has 3 rings (SSSR count). The molecule has 40 heavy (non-hydrogen) atoms. The average Bonchev–Trinajstić information content (AvgIpc) is 2.94. The minimum Gasteiger partial charge on any atom is -0.494 e. The van der Waals surface area contributed by atoms with E-state index in [1.807, 2.05) is 80.4 Å². The first-order valence-electron chi connectivity index (χ1n) is 12.9. The van der Waals surface area contributed by atoms with Crippen LogP contribution in [0.3, 0.4) is 0 Å². The molecule has 0 fully saturated rings. The fraction of sp³-hybridized carbons (Fsp3) is 0.250. The van der Waals surface area contributed by atoms with Crippen LogP contribution in [0, 0.1) is 6.92 Å². The van der Waals surface area contributed by atoms with Gasteiger partial charge < -0.3 is 19.7 Å². The Morgan fingerprint density at radius 1 is 0.975 bits per heavy atom. The number of aryl methyl sites for hydroxylation is 1. The fourth-order valence-corrected chi connectivity index (χ4v) is 4.06. The van der Waals surface area contributed by atoms with E-state index in [1.54, 1.807) is 12.1 Å². The van der Waals surface area contributed by atoms with Crippen molar-refractivity contribution in [1.82, 2.24) is 0 Å². The third-order valence-corrected chi connectivity index (χ3v) is 6.28. The quantitative estimate of drug-likeness (QED) is 0.114. The molecule has 1 N–H and O–H groups in total. The predicted octanol–water partition coefficient (Wildman–Crippen LogP) is 4.93. The maximum Gasteiger partial charge on any atom is 0.341 e. The molecule has 0 unspecified atom stereocenters. The highest BCUT2D eigenvalue weighted by molar-refractivity contribution is 6.41. The number of rotatable bonds is 12. The van der Waals surface area contributed by atoms with Gasteiger partial charge in [0.25, 0.3) is 5.91 Å². The highest BCUT2D eigenvalue weighted by atomic mass is 16.5. The Morgan fingerprint density at radius 3 is 2.30 bits per heavy atom. The zero-order valence-electron chi connectivity index (χ0n) is 23.4. The Balaban J connectivity index is 1.70. The smallest absolute Gasteiger partial charge is 0.341 e. The van der Waals surface area contributed by atoms with Crippen LogP contribution in [-0.2, 0) is 36.9 Å². The second-order valence-corrected chi connectivity index (χ2v) is 9.30. The van der Waals surface area contributed by atoms with Crippen molar-refractivity contribution in [2.24, 2.45) is 0 Å². The Labute approximate surface area is 234 Å². The molecule has 0 bridgehead atoms. The molecule has 1 amide bonds. The van der Waals surface area contributed by atoms with Crippen LogP contribution >= 0.6 is 0 Å². The van der Waals surface area contributed by atoms with Crippen LogP contribution < -0.4 is 15.0 Å². The molecule has 0 spiro atoms. The number of esters is 1. The first-order valence-corrected chi connectivity index (χ1v) is 12.9. The molecule has 0 aromatic heterocycles. The molecule has 3 aromatic carbocycles. The molecule has 0 saturated carbocycles. The van der Waals surface area contributed by atoms with Crippen molar-refractivity contribution in [3.8, 4) is 5.75 Å². The summed E-state index contributed by atoms with van der Waals surface area (Å²) in [6.45, 7) is 6.02. The molecule has 0 heterocycles. The summed E-state index contributed by atoms with van der Waals surface area (Å²) in [7, 11) is 3.18. The number of benzene rings is 3. The van der Waals surface area contributed by atoms with Crippen LogP contribution in [0.1, 0.15) is 36.1 Å². The third kappa shape index (κ3) is 7.89. The zero-order valence-corrected chi connectivity index (χ0v) is 23.4. The summed E-state index contributed by atoms with van der Waals surface area (Å²) in [5.74, 6) is -1.69. The zero-order chi connectivity index (χ0) is 29.2. The van der Waals surface area contributed by atoms with Crippen LogP contribution in [0.25, 0.3) is 6.08 Å². The van der Waals surface area contributed by atoms with Crippen molar-refractivity contribution in [2.45, 2.75) is 33.7 Å². The first-order chi connectivity index (χ1) is 19.1. The number of carbonyl (C=O) groups excluding carboxylic acids is 4. The Hall–Kier alpha value is -4.72. The van der Waals surface area contributed by atoms with Gasteiger partial charge >= 0.3 is 5.97 Å². The van der Waals surface area contributed by atoms with Gasteiger partial charge in [-0.3, -0.25) is 14.4 Å². The lowest BCUT2D eigenvalue weighted by Crippen LogP contribution is -2.25. The van der Waals surface area contributed by atoms with Gasteiger partial charge in [0.05, 0.1) is 13.7 Å². The van der Waals surface area contributed by atoms with Crippen LogP contribution in [0.15, 0.2) is 72.3 Å². The van der Waals surface area contributed by atoms with Gasteiger partial charge in [0.1, 0.15) is 11.3 Å². The molecule has 8 heteroatoms. The van der Waals surface area contributed by atoms with Crippen molar-refractivity contribution in [1.29, 1.82) is 0 Å².